The lowest BCUT2D eigenvalue weighted by Crippen LogP contribution is -2.43. The number of rotatable bonds is 5. The van der Waals surface area contributed by atoms with E-state index in [-0.39, 0.29) is 24.0 Å². The minimum Gasteiger partial charge on any atom is -0.356 e. The average Bonchev–Trinajstić information content (AvgIpc) is 2.37. The Morgan fingerprint density at radius 3 is 2.20 bits per heavy atom. The van der Waals surface area contributed by atoms with Crippen molar-refractivity contribution in [1.82, 2.24) is 15.5 Å². The van der Waals surface area contributed by atoms with Gasteiger partial charge in [-0.1, -0.05) is 27.2 Å². The zero-order chi connectivity index (χ0) is 14.1. The molecule has 5 heteroatoms. The van der Waals surface area contributed by atoms with Crippen LogP contribution in [0.25, 0.3) is 0 Å². The molecule has 1 rings (SSSR count). The Bertz CT molecular complexity index is 268. The van der Waals surface area contributed by atoms with E-state index in [0.717, 1.165) is 32.0 Å². The van der Waals surface area contributed by atoms with E-state index in [1.165, 1.54) is 32.4 Å². The molecule has 1 heterocycles. The highest BCUT2D eigenvalue weighted by Gasteiger charge is 2.11. The molecule has 0 amide bonds. The lowest BCUT2D eigenvalue weighted by Gasteiger charge is -2.26. The minimum absolute atomic E-state index is 0. The predicted octanol–water partition coefficient (Wildman–Crippen LogP) is 2.69. The molecule has 4 nitrogen and oxygen atoms in total. The first-order chi connectivity index (χ1) is 9.01. The van der Waals surface area contributed by atoms with Gasteiger partial charge in [0.05, 0.1) is 0 Å². The lowest BCUT2D eigenvalue weighted by atomic mass is 9.92. The van der Waals surface area contributed by atoms with Crippen molar-refractivity contribution in [3.05, 3.63) is 0 Å². The summed E-state index contributed by atoms with van der Waals surface area (Å²) in [6.45, 7) is 12.4. The highest BCUT2D eigenvalue weighted by molar-refractivity contribution is 14.0. The molecule has 2 N–H and O–H groups in total. The summed E-state index contributed by atoms with van der Waals surface area (Å²) in [7, 11) is 1.84. The van der Waals surface area contributed by atoms with Crippen LogP contribution in [0.4, 0.5) is 0 Å². The quantitative estimate of drug-likeness (QED) is 0.427. The summed E-state index contributed by atoms with van der Waals surface area (Å²) in [5.41, 5.74) is 0.375. The van der Waals surface area contributed by atoms with Crippen molar-refractivity contribution in [2.75, 3.05) is 39.8 Å². The van der Waals surface area contributed by atoms with Gasteiger partial charge >= 0.3 is 0 Å². The summed E-state index contributed by atoms with van der Waals surface area (Å²) in [4.78, 5) is 6.81. The van der Waals surface area contributed by atoms with Crippen molar-refractivity contribution in [2.45, 2.75) is 46.5 Å². The Balaban J connectivity index is 0.00000361. The number of halogens is 1. The maximum absolute atomic E-state index is 4.27. The number of nitrogens with one attached hydrogen (secondary N) is 2. The topological polar surface area (TPSA) is 39.7 Å². The van der Waals surface area contributed by atoms with Gasteiger partial charge in [-0.2, -0.15) is 0 Å². The lowest BCUT2D eigenvalue weighted by molar-refractivity contribution is 0.232. The van der Waals surface area contributed by atoms with Crippen LogP contribution in [-0.4, -0.2) is 50.6 Å². The summed E-state index contributed by atoms with van der Waals surface area (Å²) in [6, 6.07) is 0. The summed E-state index contributed by atoms with van der Waals surface area (Å²) in [6.07, 6.45) is 5.27. The largest absolute Gasteiger partial charge is 0.356 e. The van der Waals surface area contributed by atoms with E-state index >= 15 is 0 Å². The van der Waals surface area contributed by atoms with Crippen LogP contribution >= 0.6 is 24.0 Å². The number of likely N-dealkylation sites (tertiary alicyclic amines) is 1. The van der Waals surface area contributed by atoms with Crippen LogP contribution in [-0.2, 0) is 0 Å². The molecule has 120 valence electrons. The van der Waals surface area contributed by atoms with Crippen molar-refractivity contribution in [3.63, 3.8) is 0 Å². The number of aliphatic imine (C=N–C) groups is 1. The van der Waals surface area contributed by atoms with Gasteiger partial charge in [0.25, 0.3) is 0 Å². The molecule has 0 atom stereocenters. The molecule has 0 aromatic heterocycles. The monoisotopic (exact) mass is 396 g/mol. The second-order valence-corrected chi connectivity index (χ2v) is 6.64. The SMILES string of the molecule is CN=C(NCCN1CCCCC1)NCCC(C)(C)C.I. The summed E-state index contributed by atoms with van der Waals surface area (Å²) >= 11 is 0. The molecule has 0 unspecified atom stereocenters. The predicted molar refractivity (Wildman–Crippen MR) is 99.1 cm³/mol. The van der Waals surface area contributed by atoms with Gasteiger partial charge in [0.15, 0.2) is 5.96 Å². The molecule has 0 aromatic carbocycles. The fourth-order valence-corrected chi connectivity index (χ4v) is 2.29. The van der Waals surface area contributed by atoms with Crippen LogP contribution < -0.4 is 10.6 Å². The first-order valence-electron chi connectivity index (χ1n) is 7.68. The molecule has 1 aliphatic rings. The van der Waals surface area contributed by atoms with E-state index in [9.17, 15) is 0 Å². The number of nitrogens with zero attached hydrogens (tertiary/aromatic N) is 2. The third-order valence-electron chi connectivity index (χ3n) is 3.56. The summed E-state index contributed by atoms with van der Waals surface area (Å²) in [5.74, 6) is 0.932. The van der Waals surface area contributed by atoms with Crippen molar-refractivity contribution in [2.24, 2.45) is 10.4 Å². The summed E-state index contributed by atoms with van der Waals surface area (Å²) in [5, 5.41) is 6.78. The highest BCUT2D eigenvalue weighted by Crippen LogP contribution is 2.16. The van der Waals surface area contributed by atoms with E-state index in [2.05, 4.69) is 41.3 Å². The van der Waals surface area contributed by atoms with Crippen molar-refractivity contribution in [3.8, 4) is 0 Å². The molecule has 1 saturated heterocycles. The van der Waals surface area contributed by atoms with Gasteiger partial charge in [0.1, 0.15) is 0 Å². The van der Waals surface area contributed by atoms with Gasteiger partial charge < -0.3 is 15.5 Å². The van der Waals surface area contributed by atoms with Crippen LogP contribution in [0.2, 0.25) is 0 Å². The first-order valence-corrected chi connectivity index (χ1v) is 7.68. The normalized spacial score (nSPS) is 17.5. The average molecular weight is 396 g/mol. The Morgan fingerprint density at radius 2 is 1.65 bits per heavy atom. The molecular formula is C15H33IN4. The van der Waals surface area contributed by atoms with Gasteiger partial charge in [0.2, 0.25) is 0 Å². The molecule has 0 aliphatic carbocycles. The maximum Gasteiger partial charge on any atom is 0.191 e. The Kier molecular flexibility index (Phi) is 10.6. The zero-order valence-electron chi connectivity index (χ0n) is 13.7. The van der Waals surface area contributed by atoms with E-state index in [1.54, 1.807) is 0 Å². The van der Waals surface area contributed by atoms with Gasteiger partial charge in [0, 0.05) is 26.7 Å². The smallest absolute Gasteiger partial charge is 0.191 e. The van der Waals surface area contributed by atoms with E-state index in [4.69, 9.17) is 0 Å². The first kappa shape index (κ1) is 20.0. The number of guanidine groups is 1. The van der Waals surface area contributed by atoms with Crippen LogP contribution in [0.15, 0.2) is 4.99 Å². The Labute approximate surface area is 142 Å². The van der Waals surface area contributed by atoms with Crippen LogP contribution in [0, 0.1) is 5.41 Å². The molecule has 20 heavy (non-hydrogen) atoms. The molecule has 1 fully saturated rings. The Morgan fingerprint density at radius 1 is 1.05 bits per heavy atom. The summed E-state index contributed by atoms with van der Waals surface area (Å²) < 4.78 is 0. The molecule has 0 radical (unpaired) electrons. The van der Waals surface area contributed by atoms with Crippen LogP contribution in [0.3, 0.4) is 0 Å². The molecule has 1 aliphatic heterocycles. The third kappa shape index (κ3) is 9.80. The fourth-order valence-electron chi connectivity index (χ4n) is 2.29. The zero-order valence-corrected chi connectivity index (χ0v) is 16.0. The van der Waals surface area contributed by atoms with Gasteiger partial charge in [-0.15, -0.1) is 24.0 Å². The molecule has 0 aromatic rings. The van der Waals surface area contributed by atoms with Crippen molar-refractivity contribution < 1.29 is 0 Å². The minimum atomic E-state index is 0. The van der Waals surface area contributed by atoms with E-state index in [0.29, 0.717) is 5.41 Å². The second-order valence-electron chi connectivity index (χ2n) is 6.64. The van der Waals surface area contributed by atoms with Crippen molar-refractivity contribution >= 4 is 29.9 Å². The number of hydrogen-bond acceptors (Lipinski definition) is 2. The molecule has 0 spiro atoms. The molecule has 0 bridgehead atoms. The standard InChI is InChI=1S/C15H32N4.HI/c1-15(2,3)8-9-17-14(16-4)18-10-13-19-11-6-5-7-12-19;/h5-13H2,1-4H3,(H2,16,17,18);1H. The van der Waals surface area contributed by atoms with Gasteiger partial charge in [-0.3, -0.25) is 4.99 Å². The van der Waals surface area contributed by atoms with Crippen LogP contribution in [0.5, 0.6) is 0 Å². The number of hydrogen-bond donors (Lipinski definition) is 2. The third-order valence-corrected chi connectivity index (χ3v) is 3.56. The fraction of sp³-hybridized carbons (Fsp3) is 0.933. The Hall–Kier alpha value is -0.0400. The van der Waals surface area contributed by atoms with E-state index in [1.807, 2.05) is 7.05 Å². The molecule has 0 saturated carbocycles. The second kappa shape index (κ2) is 10.7. The highest BCUT2D eigenvalue weighted by atomic mass is 127. The molecular weight excluding hydrogens is 363 g/mol. The van der Waals surface area contributed by atoms with Gasteiger partial charge in [-0.05, 0) is 37.8 Å². The number of piperidine rings is 1. The van der Waals surface area contributed by atoms with Gasteiger partial charge in [-0.25, -0.2) is 0 Å². The maximum atomic E-state index is 4.27. The van der Waals surface area contributed by atoms with Crippen molar-refractivity contribution in [1.29, 1.82) is 0 Å². The van der Waals surface area contributed by atoms with Crippen LogP contribution in [0.1, 0.15) is 46.5 Å². The van der Waals surface area contributed by atoms with E-state index < -0.39 is 0 Å².